The zero-order chi connectivity index (χ0) is 9.80. The fourth-order valence-electron chi connectivity index (χ4n) is 1.16. The molecule has 0 saturated carbocycles. The van der Waals surface area contributed by atoms with E-state index in [1.807, 2.05) is 6.07 Å². The molecule has 0 aliphatic heterocycles. The minimum absolute atomic E-state index is 1.28. The van der Waals surface area contributed by atoms with Crippen LogP contribution in [0.25, 0.3) is 0 Å². The molecule has 0 saturated heterocycles. The number of hydrogen-bond acceptors (Lipinski definition) is 1. The van der Waals surface area contributed by atoms with Gasteiger partial charge < -0.3 is 0 Å². The quantitative estimate of drug-likeness (QED) is 0.739. The van der Waals surface area contributed by atoms with Gasteiger partial charge in [-0.2, -0.15) is 0 Å². The highest BCUT2D eigenvalue weighted by atomic mass is 127. The SMILES string of the molecule is Ic1cccc(Sc2ccccc2)c1. The van der Waals surface area contributed by atoms with Crippen molar-refractivity contribution in [1.82, 2.24) is 0 Å². The van der Waals surface area contributed by atoms with Crippen LogP contribution in [-0.4, -0.2) is 0 Å². The Balaban J connectivity index is 2.19. The van der Waals surface area contributed by atoms with Crippen LogP contribution in [0, 0.1) is 3.57 Å². The average Bonchev–Trinajstić information content (AvgIpc) is 2.19. The maximum atomic E-state index is 2.33. The van der Waals surface area contributed by atoms with Crippen LogP contribution in [0.15, 0.2) is 64.4 Å². The second-order valence-electron chi connectivity index (χ2n) is 2.87. The highest BCUT2D eigenvalue weighted by molar-refractivity contribution is 14.1. The van der Waals surface area contributed by atoms with E-state index < -0.39 is 0 Å². The zero-order valence-corrected chi connectivity index (χ0v) is 10.5. The first kappa shape index (κ1) is 10.1. The second kappa shape index (κ2) is 4.84. The zero-order valence-electron chi connectivity index (χ0n) is 7.48. The fourth-order valence-corrected chi connectivity index (χ4v) is 2.81. The van der Waals surface area contributed by atoms with Crippen LogP contribution < -0.4 is 0 Å². The van der Waals surface area contributed by atoms with Crippen molar-refractivity contribution in [3.8, 4) is 0 Å². The van der Waals surface area contributed by atoms with Gasteiger partial charge in [0.2, 0.25) is 0 Å². The lowest BCUT2D eigenvalue weighted by Gasteiger charge is -2.01. The molecule has 0 atom stereocenters. The van der Waals surface area contributed by atoms with Gasteiger partial charge in [0.05, 0.1) is 0 Å². The minimum Gasteiger partial charge on any atom is -0.0901 e. The normalized spacial score (nSPS) is 10.1. The van der Waals surface area contributed by atoms with E-state index in [2.05, 4.69) is 71.1 Å². The van der Waals surface area contributed by atoms with Crippen molar-refractivity contribution in [3.05, 3.63) is 58.2 Å². The first-order valence-electron chi connectivity index (χ1n) is 4.33. The van der Waals surface area contributed by atoms with Gasteiger partial charge in [0.15, 0.2) is 0 Å². The van der Waals surface area contributed by atoms with E-state index in [-0.39, 0.29) is 0 Å². The fraction of sp³-hybridized carbons (Fsp3) is 0. The predicted octanol–water partition coefficient (Wildman–Crippen LogP) is 4.44. The molecule has 0 spiro atoms. The third-order valence-electron chi connectivity index (χ3n) is 1.77. The lowest BCUT2D eigenvalue weighted by molar-refractivity contribution is 1.39. The molecule has 0 aliphatic carbocycles. The van der Waals surface area contributed by atoms with Gasteiger partial charge in [0, 0.05) is 13.4 Å². The predicted molar refractivity (Wildman–Crippen MR) is 69.7 cm³/mol. The van der Waals surface area contributed by atoms with Crippen molar-refractivity contribution >= 4 is 34.4 Å². The summed E-state index contributed by atoms with van der Waals surface area (Å²) in [5, 5.41) is 0. The smallest absolute Gasteiger partial charge is 0.0141 e. The Morgan fingerprint density at radius 3 is 2.21 bits per heavy atom. The van der Waals surface area contributed by atoms with E-state index in [4.69, 9.17) is 0 Å². The Labute approximate surface area is 102 Å². The van der Waals surface area contributed by atoms with Gasteiger partial charge >= 0.3 is 0 Å². The van der Waals surface area contributed by atoms with E-state index in [1.165, 1.54) is 13.4 Å². The maximum absolute atomic E-state index is 2.33. The van der Waals surface area contributed by atoms with Crippen molar-refractivity contribution < 1.29 is 0 Å². The number of hydrogen-bond donors (Lipinski definition) is 0. The molecule has 2 rings (SSSR count). The molecule has 0 heterocycles. The molecule has 14 heavy (non-hydrogen) atoms. The molecular formula is C12H9IS. The Bertz CT molecular complexity index is 412. The van der Waals surface area contributed by atoms with E-state index in [0.29, 0.717) is 0 Å². The van der Waals surface area contributed by atoms with Gasteiger partial charge in [-0.15, -0.1) is 0 Å². The standard InChI is InChI=1S/C12H9IS/c13-10-5-4-8-12(9-10)14-11-6-2-1-3-7-11/h1-9H. The molecule has 0 fully saturated rings. The molecule has 2 aromatic rings. The Hall–Kier alpha value is -0.480. The first-order valence-corrected chi connectivity index (χ1v) is 6.22. The monoisotopic (exact) mass is 312 g/mol. The molecule has 2 heteroatoms. The summed E-state index contributed by atoms with van der Waals surface area (Å²) in [5.41, 5.74) is 0. The van der Waals surface area contributed by atoms with E-state index in [1.54, 1.807) is 11.8 Å². The largest absolute Gasteiger partial charge is 0.0901 e. The van der Waals surface area contributed by atoms with Crippen LogP contribution >= 0.6 is 34.4 Å². The molecule has 0 nitrogen and oxygen atoms in total. The first-order chi connectivity index (χ1) is 6.84. The van der Waals surface area contributed by atoms with Crippen molar-refractivity contribution in [1.29, 1.82) is 0 Å². The van der Waals surface area contributed by atoms with Gasteiger partial charge in [-0.05, 0) is 52.9 Å². The third kappa shape index (κ3) is 2.75. The second-order valence-corrected chi connectivity index (χ2v) is 5.27. The van der Waals surface area contributed by atoms with Crippen LogP contribution in [0.2, 0.25) is 0 Å². The van der Waals surface area contributed by atoms with Gasteiger partial charge in [-0.25, -0.2) is 0 Å². The number of rotatable bonds is 2. The van der Waals surface area contributed by atoms with Gasteiger partial charge in [-0.1, -0.05) is 36.0 Å². The van der Waals surface area contributed by atoms with Crippen molar-refractivity contribution in [2.75, 3.05) is 0 Å². The Morgan fingerprint density at radius 2 is 1.50 bits per heavy atom. The van der Waals surface area contributed by atoms with Crippen LogP contribution in [0.4, 0.5) is 0 Å². The summed E-state index contributed by atoms with van der Waals surface area (Å²) in [7, 11) is 0. The van der Waals surface area contributed by atoms with E-state index in [9.17, 15) is 0 Å². The summed E-state index contributed by atoms with van der Waals surface area (Å²) in [6, 6.07) is 19.0. The van der Waals surface area contributed by atoms with E-state index >= 15 is 0 Å². The molecule has 0 aliphatic rings. The van der Waals surface area contributed by atoms with Crippen LogP contribution in [0.3, 0.4) is 0 Å². The summed E-state index contributed by atoms with van der Waals surface area (Å²) >= 11 is 4.13. The topological polar surface area (TPSA) is 0 Å². The molecule has 70 valence electrons. The molecule has 0 radical (unpaired) electrons. The van der Waals surface area contributed by atoms with Crippen molar-refractivity contribution in [2.24, 2.45) is 0 Å². The van der Waals surface area contributed by atoms with Crippen molar-refractivity contribution in [3.63, 3.8) is 0 Å². The van der Waals surface area contributed by atoms with Gasteiger partial charge in [0.1, 0.15) is 0 Å². The summed E-state index contributed by atoms with van der Waals surface area (Å²) in [5.74, 6) is 0. The molecule has 0 unspecified atom stereocenters. The Morgan fingerprint density at radius 1 is 0.786 bits per heavy atom. The lowest BCUT2D eigenvalue weighted by Crippen LogP contribution is -1.74. The minimum atomic E-state index is 1.28. The third-order valence-corrected chi connectivity index (χ3v) is 3.44. The maximum Gasteiger partial charge on any atom is 0.0141 e. The van der Waals surface area contributed by atoms with E-state index in [0.717, 1.165) is 0 Å². The summed E-state index contributed by atoms with van der Waals surface area (Å²) in [6.45, 7) is 0. The van der Waals surface area contributed by atoms with Crippen molar-refractivity contribution in [2.45, 2.75) is 9.79 Å². The summed E-state index contributed by atoms with van der Waals surface area (Å²) in [4.78, 5) is 2.58. The van der Waals surface area contributed by atoms with Crippen LogP contribution in [0.5, 0.6) is 0 Å². The van der Waals surface area contributed by atoms with Crippen LogP contribution in [0.1, 0.15) is 0 Å². The highest BCUT2D eigenvalue weighted by Gasteiger charge is 1.96. The lowest BCUT2D eigenvalue weighted by atomic mass is 10.4. The molecule has 0 aromatic heterocycles. The molecule has 0 bridgehead atoms. The molecule has 2 aromatic carbocycles. The molecule has 0 amide bonds. The number of benzene rings is 2. The molecule has 0 N–H and O–H groups in total. The number of halogens is 1. The van der Waals surface area contributed by atoms with Gasteiger partial charge in [0.25, 0.3) is 0 Å². The highest BCUT2D eigenvalue weighted by Crippen LogP contribution is 2.27. The average molecular weight is 312 g/mol. The molecular weight excluding hydrogens is 303 g/mol. The Kier molecular flexibility index (Phi) is 3.48. The van der Waals surface area contributed by atoms with Crippen LogP contribution in [-0.2, 0) is 0 Å². The van der Waals surface area contributed by atoms with Gasteiger partial charge in [-0.3, -0.25) is 0 Å². The summed E-state index contributed by atoms with van der Waals surface area (Å²) in [6.07, 6.45) is 0. The summed E-state index contributed by atoms with van der Waals surface area (Å²) < 4.78 is 1.28.